The number of likely N-dealkylation sites (tertiary alicyclic amines) is 1. The van der Waals surface area contributed by atoms with E-state index in [2.05, 4.69) is 12.2 Å². The van der Waals surface area contributed by atoms with Gasteiger partial charge in [-0.25, -0.2) is 9.18 Å². The first-order valence-corrected chi connectivity index (χ1v) is 8.61. The van der Waals surface area contributed by atoms with Crippen LogP contribution in [0.25, 0.3) is 0 Å². The lowest BCUT2D eigenvalue weighted by molar-refractivity contribution is -0.162. The van der Waals surface area contributed by atoms with Gasteiger partial charge in [-0.05, 0) is 30.9 Å². The molecule has 0 aromatic heterocycles. The van der Waals surface area contributed by atoms with Crippen molar-refractivity contribution in [2.45, 2.75) is 37.7 Å². The summed E-state index contributed by atoms with van der Waals surface area (Å²) in [5, 5.41) is 9.64. The fraction of sp³-hybridized carbons (Fsp3) is 0.474. The van der Waals surface area contributed by atoms with Gasteiger partial charge >= 0.3 is 5.97 Å². The molecular formula is C19H22FNO4. The summed E-state index contributed by atoms with van der Waals surface area (Å²) in [6.45, 7) is 0.603. The van der Waals surface area contributed by atoms with Crippen molar-refractivity contribution in [3.05, 3.63) is 42.2 Å². The van der Waals surface area contributed by atoms with Crippen LogP contribution in [-0.4, -0.2) is 40.6 Å². The molecule has 1 aliphatic heterocycles. The number of carboxylic acids is 1. The molecule has 0 spiro atoms. The maximum atomic E-state index is 13.8. The van der Waals surface area contributed by atoms with Crippen molar-refractivity contribution in [2.24, 2.45) is 5.92 Å². The zero-order valence-electron chi connectivity index (χ0n) is 14.0. The lowest BCUT2D eigenvalue weighted by Crippen LogP contribution is -2.54. The monoisotopic (exact) mass is 347 g/mol. The molecule has 5 nitrogen and oxygen atoms in total. The summed E-state index contributed by atoms with van der Waals surface area (Å²) in [7, 11) is 0. The fourth-order valence-electron chi connectivity index (χ4n) is 3.43. The van der Waals surface area contributed by atoms with Gasteiger partial charge < -0.3 is 14.7 Å². The molecule has 1 heterocycles. The minimum atomic E-state index is -1.49. The highest BCUT2D eigenvalue weighted by atomic mass is 19.1. The lowest BCUT2D eigenvalue weighted by atomic mass is 9.90. The Morgan fingerprint density at radius 2 is 2.00 bits per heavy atom. The number of hydrogen-bond donors (Lipinski definition) is 1. The van der Waals surface area contributed by atoms with Crippen LogP contribution in [0.5, 0.6) is 5.75 Å². The van der Waals surface area contributed by atoms with Gasteiger partial charge in [0.25, 0.3) is 0 Å². The molecule has 1 aliphatic carbocycles. The van der Waals surface area contributed by atoms with Crippen LogP contribution < -0.4 is 4.74 Å². The number of carboxylic acid groups (broad SMARTS) is 1. The second-order valence-electron chi connectivity index (χ2n) is 6.68. The molecule has 0 unspecified atom stereocenters. The Morgan fingerprint density at radius 3 is 2.60 bits per heavy atom. The Labute approximate surface area is 146 Å². The summed E-state index contributed by atoms with van der Waals surface area (Å²) in [6, 6.07) is 5.78. The van der Waals surface area contributed by atoms with Gasteiger partial charge in [-0.15, -0.1) is 0 Å². The predicted molar refractivity (Wildman–Crippen MR) is 89.7 cm³/mol. The number of carbonyl (C=O) groups excluding carboxylic acids is 1. The Bertz CT molecular complexity index is 680. The number of rotatable bonds is 5. The molecule has 1 aromatic rings. The highest BCUT2D eigenvalue weighted by Crippen LogP contribution is 2.31. The number of aliphatic carboxylic acids is 1. The normalized spacial score (nSPS) is 22.0. The SMILES string of the molecule is O=C(C[C@@H]1C=CCC1)N1CCC(Oc2ccccc2F)(C(=O)O)CC1. The number of ether oxygens (including phenoxy) is 1. The Morgan fingerprint density at radius 1 is 1.28 bits per heavy atom. The standard InChI is InChI=1S/C19H22FNO4/c20-15-7-3-4-8-16(15)25-19(18(23)24)9-11-21(12-10-19)17(22)13-14-5-1-2-6-14/h1,3-5,7-8,14H,2,6,9-13H2,(H,23,24)/t14-/m1/s1. The molecule has 25 heavy (non-hydrogen) atoms. The number of hydrogen-bond acceptors (Lipinski definition) is 3. The molecule has 134 valence electrons. The number of carbonyl (C=O) groups is 2. The van der Waals surface area contributed by atoms with Crippen molar-refractivity contribution < 1.29 is 23.8 Å². The summed E-state index contributed by atoms with van der Waals surface area (Å²) in [5.41, 5.74) is -1.49. The molecule has 2 aliphatic rings. The van der Waals surface area contributed by atoms with Crippen molar-refractivity contribution in [3.63, 3.8) is 0 Å². The van der Waals surface area contributed by atoms with E-state index < -0.39 is 17.4 Å². The first kappa shape index (κ1) is 17.5. The molecule has 0 radical (unpaired) electrons. The summed E-state index contributed by atoms with van der Waals surface area (Å²) >= 11 is 0. The summed E-state index contributed by atoms with van der Waals surface area (Å²) in [4.78, 5) is 25.9. The van der Waals surface area contributed by atoms with Gasteiger partial charge in [0.1, 0.15) is 0 Å². The molecule has 0 saturated carbocycles. The molecule has 1 fully saturated rings. The van der Waals surface area contributed by atoms with Gasteiger partial charge in [0.05, 0.1) is 0 Å². The predicted octanol–water partition coefficient (Wildman–Crippen LogP) is 3.01. The highest BCUT2D eigenvalue weighted by molar-refractivity contribution is 5.80. The zero-order valence-corrected chi connectivity index (χ0v) is 14.0. The largest absolute Gasteiger partial charge is 0.478 e. The quantitative estimate of drug-likeness (QED) is 0.832. The first-order valence-electron chi connectivity index (χ1n) is 8.61. The molecule has 3 rings (SSSR count). The number of benzene rings is 1. The van der Waals surface area contributed by atoms with E-state index in [0.717, 1.165) is 12.8 Å². The Balaban J connectivity index is 1.64. The van der Waals surface area contributed by atoms with E-state index in [4.69, 9.17) is 4.74 Å². The molecule has 0 bridgehead atoms. The van der Waals surface area contributed by atoms with Crippen LogP contribution in [0.1, 0.15) is 32.1 Å². The fourth-order valence-corrected chi connectivity index (χ4v) is 3.43. The number of allylic oxidation sites excluding steroid dienone is 2. The van der Waals surface area contributed by atoms with Gasteiger partial charge in [-0.3, -0.25) is 4.79 Å². The molecule has 1 N–H and O–H groups in total. The van der Waals surface area contributed by atoms with Crippen LogP contribution in [-0.2, 0) is 9.59 Å². The smallest absolute Gasteiger partial charge is 0.348 e. The Kier molecular flexibility index (Phi) is 5.06. The average Bonchev–Trinajstić information content (AvgIpc) is 3.10. The maximum absolute atomic E-state index is 13.8. The van der Waals surface area contributed by atoms with Crippen LogP contribution >= 0.6 is 0 Å². The third-order valence-electron chi connectivity index (χ3n) is 5.00. The van der Waals surface area contributed by atoms with Crippen LogP contribution in [0.3, 0.4) is 0 Å². The van der Waals surface area contributed by atoms with Gasteiger partial charge in [-0.1, -0.05) is 24.3 Å². The van der Waals surface area contributed by atoms with E-state index in [1.165, 1.54) is 18.2 Å². The van der Waals surface area contributed by atoms with Crippen molar-refractivity contribution in [2.75, 3.05) is 13.1 Å². The second kappa shape index (κ2) is 7.25. The summed E-state index contributed by atoms with van der Waals surface area (Å²) < 4.78 is 19.4. The van der Waals surface area contributed by atoms with Crippen LogP contribution in [0, 0.1) is 11.7 Å². The third-order valence-corrected chi connectivity index (χ3v) is 5.00. The summed E-state index contributed by atoms with van der Waals surface area (Å²) in [6.07, 6.45) is 6.92. The maximum Gasteiger partial charge on any atom is 0.348 e. The Hall–Kier alpha value is -2.37. The number of nitrogens with zero attached hydrogens (tertiary/aromatic N) is 1. The van der Waals surface area contributed by atoms with Crippen LogP contribution in [0.4, 0.5) is 4.39 Å². The zero-order chi connectivity index (χ0) is 17.9. The minimum absolute atomic E-state index is 0.0430. The molecule has 6 heteroatoms. The molecule has 1 aromatic carbocycles. The average molecular weight is 347 g/mol. The van der Waals surface area contributed by atoms with E-state index in [0.29, 0.717) is 19.5 Å². The molecule has 1 saturated heterocycles. The van der Waals surface area contributed by atoms with Crippen molar-refractivity contribution in [1.82, 2.24) is 4.90 Å². The lowest BCUT2D eigenvalue weighted by Gasteiger charge is -2.39. The minimum Gasteiger partial charge on any atom is -0.478 e. The van der Waals surface area contributed by atoms with Crippen molar-refractivity contribution >= 4 is 11.9 Å². The number of piperidine rings is 1. The van der Waals surface area contributed by atoms with E-state index in [1.54, 1.807) is 11.0 Å². The van der Waals surface area contributed by atoms with E-state index >= 15 is 0 Å². The number of para-hydroxylation sites is 1. The van der Waals surface area contributed by atoms with Gasteiger partial charge in [-0.2, -0.15) is 0 Å². The van der Waals surface area contributed by atoms with Crippen molar-refractivity contribution in [3.8, 4) is 5.75 Å². The molecule has 1 atom stereocenters. The molecular weight excluding hydrogens is 325 g/mol. The highest BCUT2D eigenvalue weighted by Gasteiger charge is 2.45. The van der Waals surface area contributed by atoms with E-state index in [1.807, 2.05) is 0 Å². The van der Waals surface area contributed by atoms with Crippen molar-refractivity contribution in [1.29, 1.82) is 0 Å². The van der Waals surface area contributed by atoms with Gasteiger partial charge in [0.2, 0.25) is 11.5 Å². The summed E-state index contributed by atoms with van der Waals surface area (Å²) in [5.74, 6) is -1.45. The number of halogens is 1. The third kappa shape index (κ3) is 3.83. The number of amides is 1. The topological polar surface area (TPSA) is 66.8 Å². The van der Waals surface area contributed by atoms with E-state index in [9.17, 15) is 19.1 Å². The van der Waals surface area contributed by atoms with E-state index in [-0.39, 0.29) is 30.4 Å². The van der Waals surface area contributed by atoms with Crippen LogP contribution in [0.15, 0.2) is 36.4 Å². The second-order valence-corrected chi connectivity index (χ2v) is 6.68. The van der Waals surface area contributed by atoms with Gasteiger partial charge in [0.15, 0.2) is 11.6 Å². The molecule has 1 amide bonds. The van der Waals surface area contributed by atoms with Gasteiger partial charge in [0, 0.05) is 32.4 Å². The first-order chi connectivity index (χ1) is 12.0. The van der Waals surface area contributed by atoms with Crippen LogP contribution in [0.2, 0.25) is 0 Å².